The van der Waals surface area contributed by atoms with Crippen LogP contribution in [0.1, 0.15) is 10.4 Å². The second-order valence-corrected chi connectivity index (χ2v) is 5.28. The third-order valence-corrected chi connectivity index (χ3v) is 3.71. The zero-order chi connectivity index (χ0) is 15.6. The summed E-state index contributed by atoms with van der Waals surface area (Å²) < 4.78 is 0. The number of carbonyl (C=O) groups is 1. The second-order valence-electron chi connectivity index (χ2n) is 5.28. The molecule has 0 aliphatic rings. The van der Waals surface area contributed by atoms with Gasteiger partial charge in [-0.15, -0.1) is 0 Å². The van der Waals surface area contributed by atoms with Gasteiger partial charge in [0.05, 0.1) is 11.4 Å². The molecule has 0 saturated carbocycles. The Morgan fingerprint density at radius 2 is 1.83 bits per heavy atom. The average Bonchev–Trinajstić information content (AvgIpc) is 3.24. The van der Waals surface area contributed by atoms with Crippen LogP contribution in [0.15, 0.2) is 66.9 Å². The van der Waals surface area contributed by atoms with E-state index in [2.05, 4.69) is 20.5 Å². The maximum atomic E-state index is 12.4. The summed E-state index contributed by atoms with van der Waals surface area (Å²) in [5.41, 5.74) is 4.24. The first kappa shape index (κ1) is 13.3. The van der Waals surface area contributed by atoms with E-state index in [0.717, 1.165) is 28.0 Å². The molecular formula is C18H14N4O. The van der Waals surface area contributed by atoms with Crippen LogP contribution in [-0.4, -0.2) is 21.1 Å². The number of H-pyrrole nitrogens is 2. The lowest BCUT2D eigenvalue weighted by Gasteiger charge is -2.04. The lowest BCUT2D eigenvalue weighted by atomic mass is 10.1. The Balaban J connectivity index is 1.65. The largest absolute Gasteiger partial charge is 0.353 e. The van der Waals surface area contributed by atoms with Crippen LogP contribution in [0.3, 0.4) is 0 Å². The number of hydrogen-bond donors (Lipinski definition) is 3. The summed E-state index contributed by atoms with van der Waals surface area (Å²) in [5.74, 6) is -0.123. The predicted octanol–water partition coefficient (Wildman–Crippen LogP) is 3.81. The minimum absolute atomic E-state index is 0.123. The molecule has 1 amide bonds. The first-order valence-corrected chi connectivity index (χ1v) is 7.28. The van der Waals surface area contributed by atoms with Gasteiger partial charge in [-0.3, -0.25) is 9.89 Å². The molecule has 112 valence electrons. The standard InChI is InChI=1S/C18H14N4O/c23-18(20-14-4-2-1-3-5-14)12-6-7-15-13(10-12)11-17(21-15)16-8-9-19-22-16/h1-11,21H,(H,19,22)(H,20,23). The number of nitrogens with one attached hydrogen (secondary N) is 3. The summed E-state index contributed by atoms with van der Waals surface area (Å²) in [5, 5.41) is 10.7. The molecule has 0 aliphatic carbocycles. The molecule has 2 aromatic carbocycles. The molecule has 0 bridgehead atoms. The minimum Gasteiger partial charge on any atom is -0.353 e. The van der Waals surface area contributed by atoms with Crippen LogP contribution in [0, 0.1) is 0 Å². The molecule has 23 heavy (non-hydrogen) atoms. The van der Waals surface area contributed by atoms with Crippen molar-refractivity contribution in [3.8, 4) is 11.4 Å². The molecular weight excluding hydrogens is 288 g/mol. The maximum absolute atomic E-state index is 12.4. The fraction of sp³-hybridized carbons (Fsp3) is 0. The Morgan fingerprint density at radius 1 is 0.957 bits per heavy atom. The molecule has 0 atom stereocenters. The van der Waals surface area contributed by atoms with Crippen LogP contribution in [0.2, 0.25) is 0 Å². The van der Waals surface area contributed by atoms with E-state index in [1.165, 1.54) is 0 Å². The molecule has 2 aromatic heterocycles. The Morgan fingerprint density at radius 3 is 2.61 bits per heavy atom. The zero-order valence-electron chi connectivity index (χ0n) is 12.2. The van der Waals surface area contributed by atoms with Gasteiger partial charge in [0.25, 0.3) is 5.91 Å². The molecule has 4 aromatic rings. The van der Waals surface area contributed by atoms with Crippen molar-refractivity contribution in [1.82, 2.24) is 15.2 Å². The SMILES string of the molecule is O=C(Nc1ccccc1)c1ccc2[nH]c(-c3ccn[nH]3)cc2c1. The molecule has 0 spiro atoms. The van der Waals surface area contributed by atoms with Gasteiger partial charge in [-0.2, -0.15) is 5.10 Å². The molecule has 4 rings (SSSR count). The van der Waals surface area contributed by atoms with Crippen molar-refractivity contribution in [1.29, 1.82) is 0 Å². The summed E-state index contributed by atoms with van der Waals surface area (Å²) in [4.78, 5) is 15.7. The summed E-state index contributed by atoms with van der Waals surface area (Å²) in [6.07, 6.45) is 1.71. The van der Waals surface area contributed by atoms with Gasteiger partial charge in [0.15, 0.2) is 0 Å². The van der Waals surface area contributed by atoms with Gasteiger partial charge < -0.3 is 10.3 Å². The normalized spacial score (nSPS) is 10.8. The van der Waals surface area contributed by atoms with E-state index in [9.17, 15) is 4.79 Å². The average molecular weight is 302 g/mol. The number of benzene rings is 2. The van der Waals surface area contributed by atoms with Crippen LogP contribution in [0.25, 0.3) is 22.3 Å². The molecule has 0 unspecified atom stereocenters. The molecule has 0 aliphatic heterocycles. The van der Waals surface area contributed by atoms with Crippen LogP contribution in [0.5, 0.6) is 0 Å². The third-order valence-electron chi connectivity index (χ3n) is 3.71. The minimum atomic E-state index is -0.123. The van der Waals surface area contributed by atoms with Gasteiger partial charge in [-0.05, 0) is 42.5 Å². The smallest absolute Gasteiger partial charge is 0.255 e. The van der Waals surface area contributed by atoms with Gasteiger partial charge in [0.2, 0.25) is 0 Å². The highest BCUT2D eigenvalue weighted by atomic mass is 16.1. The quantitative estimate of drug-likeness (QED) is 0.538. The lowest BCUT2D eigenvalue weighted by molar-refractivity contribution is 0.102. The number of fused-ring (bicyclic) bond motifs is 1. The van der Waals surface area contributed by atoms with Gasteiger partial charge in [0, 0.05) is 28.4 Å². The molecule has 3 N–H and O–H groups in total. The zero-order valence-corrected chi connectivity index (χ0v) is 12.2. The van der Waals surface area contributed by atoms with E-state index in [1.54, 1.807) is 6.20 Å². The topological polar surface area (TPSA) is 73.6 Å². The lowest BCUT2D eigenvalue weighted by Crippen LogP contribution is -2.11. The summed E-state index contributed by atoms with van der Waals surface area (Å²) >= 11 is 0. The van der Waals surface area contributed by atoms with Crippen LogP contribution < -0.4 is 5.32 Å². The Bertz CT molecular complexity index is 955. The van der Waals surface area contributed by atoms with Crippen molar-refractivity contribution in [2.45, 2.75) is 0 Å². The molecule has 0 saturated heterocycles. The number of aromatic amines is 2. The van der Waals surface area contributed by atoms with E-state index in [1.807, 2.05) is 60.7 Å². The fourth-order valence-electron chi connectivity index (χ4n) is 2.55. The van der Waals surface area contributed by atoms with E-state index in [0.29, 0.717) is 5.56 Å². The second kappa shape index (κ2) is 5.46. The Kier molecular flexibility index (Phi) is 3.16. The summed E-state index contributed by atoms with van der Waals surface area (Å²) in [6, 6.07) is 18.9. The van der Waals surface area contributed by atoms with Gasteiger partial charge in [0.1, 0.15) is 0 Å². The highest BCUT2D eigenvalue weighted by Gasteiger charge is 2.09. The summed E-state index contributed by atoms with van der Waals surface area (Å²) in [6.45, 7) is 0. The van der Waals surface area contributed by atoms with Crippen LogP contribution in [0.4, 0.5) is 5.69 Å². The van der Waals surface area contributed by atoms with E-state index < -0.39 is 0 Å². The van der Waals surface area contributed by atoms with Crippen molar-refractivity contribution in [2.24, 2.45) is 0 Å². The van der Waals surface area contributed by atoms with E-state index >= 15 is 0 Å². The highest BCUT2D eigenvalue weighted by Crippen LogP contribution is 2.23. The van der Waals surface area contributed by atoms with Gasteiger partial charge >= 0.3 is 0 Å². The number of nitrogens with zero attached hydrogens (tertiary/aromatic N) is 1. The molecule has 0 fully saturated rings. The van der Waals surface area contributed by atoms with Crippen LogP contribution >= 0.6 is 0 Å². The van der Waals surface area contributed by atoms with Crippen LogP contribution in [-0.2, 0) is 0 Å². The number of anilines is 1. The number of amides is 1. The molecule has 5 nitrogen and oxygen atoms in total. The number of carbonyl (C=O) groups excluding carboxylic acids is 1. The first-order chi connectivity index (χ1) is 11.3. The predicted molar refractivity (Wildman–Crippen MR) is 90.3 cm³/mol. The van der Waals surface area contributed by atoms with Crippen molar-refractivity contribution < 1.29 is 4.79 Å². The van der Waals surface area contributed by atoms with Crippen molar-refractivity contribution in [2.75, 3.05) is 5.32 Å². The highest BCUT2D eigenvalue weighted by molar-refractivity contribution is 6.06. The summed E-state index contributed by atoms with van der Waals surface area (Å²) in [7, 11) is 0. The van der Waals surface area contributed by atoms with Gasteiger partial charge in [-0.25, -0.2) is 0 Å². The van der Waals surface area contributed by atoms with E-state index in [4.69, 9.17) is 0 Å². The van der Waals surface area contributed by atoms with E-state index in [-0.39, 0.29) is 5.91 Å². The first-order valence-electron chi connectivity index (χ1n) is 7.28. The van der Waals surface area contributed by atoms with Crippen molar-refractivity contribution >= 4 is 22.5 Å². The van der Waals surface area contributed by atoms with Crippen molar-refractivity contribution in [3.63, 3.8) is 0 Å². The van der Waals surface area contributed by atoms with Crippen molar-refractivity contribution in [3.05, 3.63) is 72.4 Å². The number of aromatic nitrogens is 3. The molecule has 5 heteroatoms. The van der Waals surface area contributed by atoms with Gasteiger partial charge in [-0.1, -0.05) is 18.2 Å². The molecule has 0 radical (unpaired) electrons. The number of para-hydroxylation sites is 1. The Labute approximate surface area is 132 Å². The molecule has 2 heterocycles. The Hall–Kier alpha value is -3.34. The monoisotopic (exact) mass is 302 g/mol. The third kappa shape index (κ3) is 2.60. The number of rotatable bonds is 3. The maximum Gasteiger partial charge on any atom is 0.255 e. The number of hydrogen-bond acceptors (Lipinski definition) is 2. The fourth-order valence-corrected chi connectivity index (χ4v) is 2.55.